The SMILES string of the molecule is CCOc1ccccc1NC(=O)/C(C#N)=C/c1csnn1. The highest BCUT2D eigenvalue weighted by molar-refractivity contribution is 7.03. The number of nitriles is 1. The number of amides is 1. The zero-order chi connectivity index (χ0) is 15.1. The normalized spacial score (nSPS) is 10.8. The van der Waals surface area contributed by atoms with Crippen LogP contribution in [-0.4, -0.2) is 22.1 Å². The fraction of sp³-hybridized carbons (Fsp3) is 0.143. The number of nitrogens with zero attached hydrogens (tertiary/aromatic N) is 3. The monoisotopic (exact) mass is 300 g/mol. The second-order valence-electron chi connectivity index (χ2n) is 3.88. The van der Waals surface area contributed by atoms with Crippen molar-refractivity contribution in [3.63, 3.8) is 0 Å². The molecule has 0 atom stereocenters. The van der Waals surface area contributed by atoms with Gasteiger partial charge in [0.1, 0.15) is 17.4 Å². The molecule has 2 rings (SSSR count). The van der Waals surface area contributed by atoms with Crippen LogP contribution in [0.3, 0.4) is 0 Å². The number of hydrogen-bond donors (Lipinski definition) is 1. The van der Waals surface area contributed by atoms with Gasteiger partial charge in [0.2, 0.25) is 0 Å². The molecule has 0 aliphatic carbocycles. The van der Waals surface area contributed by atoms with Crippen LogP contribution in [0, 0.1) is 11.3 Å². The van der Waals surface area contributed by atoms with Crippen LogP contribution in [0.25, 0.3) is 6.08 Å². The summed E-state index contributed by atoms with van der Waals surface area (Å²) in [5.41, 5.74) is 0.945. The second kappa shape index (κ2) is 7.17. The van der Waals surface area contributed by atoms with E-state index < -0.39 is 5.91 Å². The number of carbonyl (C=O) groups excluding carboxylic acids is 1. The summed E-state index contributed by atoms with van der Waals surface area (Å²) >= 11 is 1.15. The van der Waals surface area contributed by atoms with Gasteiger partial charge in [-0.25, -0.2) is 0 Å². The minimum absolute atomic E-state index is 0.0472. The Labute approximate surface area is 125 Å². The lowest BCUT2D eigenvalue weighted by Gasteiger charge is -2.10. The maximum absolute atomic E-state index is 12.1. The number of hydrogen-bond acceptors (Lipinski definition) is 6. The molecule has 0 radical (unpaired) electrons. The van der Waals surface area contributed by atoms with Crippen molar-refractivity contribution in [2.24, 2.45) is 0 Å². The molecule has 0 bridgehead atoms. The Bertz CT molecular complexity index is 689. The summed E-state index contributed by atoms with van der Waals surface area (Å²) in [6, 6.07) is 8.90. The van der Waals surface area contributed by atoms with Crippen molar-refractivity contribution < 1.29 is 9.53 Å². The van der Waals surface area contributed by atoms with Gasteiger partial charge in [-0.3, -0.25) is 4.79 Å². The largest absolute Gasteiger partial charge is 0.492 e. The number of carbonyl (C=O) groups is 1. The minimum atomic E-state index is -0.516. The van der Waals surface area contributed by atoms with E-state index in [1.54, 1.807) is 23.6 Å². The van der Waals surface area contributed by atoms with E-state index in [-0.39, 0.29) is 5.57 Å². The number of rotatable bonds is 5. The standard InChI is InChI=1S/C14H12N4O2S/c1-2-20-13-6-4-3-5-12(13)16-14(19)10(8-15)7-11-9-21-18-17-11/h3-7,9H,2H2,1H3,(H,16,19)/b10-7+. The zero-order valence-corrected chi connectivity index (χ0v) is 12.1. The van der Waals surface area contributed by atoms with Crippen molar-refractivity contribution in [1.29, 1.82) is 5.26 Å². The first-order valence-electron chi connectivity index (χ1n) is 6.16. The molecule has 0 spiro atoms. The molecule has 1 N–H and O–H groups in total. The second-order valence-corrected chi connectivity index (χ2v) is 4.49. The molecule has 0 saturated heterocycles. The van der Waals surface area contributed by atoms with Crippen molar-refractivity contribution in [2.75, 3.05) is 11.9 Å². The van der Waals surface area contributed by atoms with Crippen LogP contribution in [-0.2, 0) is 4.79 Å². The van der Waals surface area contributed by atoms with Crippen LogP contribution in [0.5, 0.6) is 5.75 Å². The Hall–Kier alpha value is -2.72. The van der Waals surface area contributed by atoms with Gasteiger partial charge in [0.15, 0.2) is 0 Å². The van der Waals surface area contributed by atoms with Crippen molar-refractivity contribution in [3.8, 4) is 11.8 Å². The summed E-state index contributed by atoms with van der Waals surface area (Å²) in [6.07, 6.45) is 1.39. The third-order valence-corrected chi connectivity index (χ3v) is 2.99. The molecule has 1 amide bonds. The van der Waals surface area contributed by atoms with Crippen LogP contribution in [0.4, 0.5) is 5.69 Å². The first kappa shape index (κ1) is 14.7. The van der Waals surface area contributed by atoms with E-state index in [2.05, 4.69) is 14.9 Å². The summed E-state index contributed by atoms with van der Waals surface area (Å²) < 4.78 is 9.10. The van der Waals surface area contributed by atoms with E-state index in [0.717, 1.165) is 11.5 Å². The highest BCUT2D eigenvalue weighted by atomic mass is 32.1. The van der Waals surface area contributed by atoms with Crippen LogP contribution in [0.2, 0.25) is 0 Å². The molecule has 0 fully saturated rings. The maximum atomic E-state index is 12.1. The Morgan fingerprint density at radius 2 is 2.33 bits per heavy atom. The lowest BCUT2D eigenvalue weighted by Crippen LogP contribution is -2.14. The molecule has 1 aromatic heterocycles. The Balaban J connectivity index is 2.19. The van der Waals surface area contributed by atoms with Crippen LogP contribution >= 0.6 is 11.5 Å². The first-order valence-corrected chi connectivity index (χ1v) is 7.00. The summed E-state index contributed by atoms with van der Waals surface area (Å²) in [7, 11) is 0. The van der Waals surface area contributed by atoms with Gasteiger partial charge in [-0.2, -0.15) is 5.26 Å². The molecule has 0 aliphatic heterocycles. The maximum Gasteiger partial charge on any atom is 0.266 e. The number of nitrogens with one attached hydrogen (secondary N) is 1. The number of ether oxygens (including phenoxy) is 1. The number of aromatic nitrogens is 2. The summed E-state index contributed by atoms with van der Waals surface area (Å²) in [4.78, 5) is 12.1. The van der Waals surface area contributed by atoms with Gasteiger partial charge >= 0.3 is 0 Å². The molecule has 21 heavy (non-hydrogen) atoms. The fourth-order valence-corrected chi connectivity index (χ4v) is 1.98. The minimum Gasteiger partial charge on any atom is -0.492 e. The molecular weight excluding hydrogens is 288 g/mol. The Morgan fingerprint density at radius 1 is 1.52 bits per heavy atom. The Morgan fingerprint density at radius 3 is 3.00 bits per heavy atom. The van der Waals surface area contributed by atoms with E-state index in [1.807, 2.05) is 19.1 Å². The third kappa shape index (κ3) is 3.87. The zero-order valence-electron chi connectivity index (χ0n) is 11.2. The smallest absolute Gasteiger partial charge is 0.266 e. The molecule has 2 aromatic rings. The van der Waals surface area contributed by atoms with Gasteiger partial charge in [-0.15, -0.1) is 5.10 Å². The average molecular weight is 300 g/mol. The highest BCUT2D eigenvalue weighted by Gasteiger charge is 2.12. The third-order valence-electron chi connectivity index (χ3n) is 2.47. The summed E-state index contributed by atoms with van der Waals surface area (Å²) in [5.74, 6) is 0.0404. The van der Waals surface area contributed by atoms with Gasteiger partial charge in [-0.05, 0) is 36.7 Å². The van der Waals surface area contributed by atoms with Crippen molar-refractivity contribution in [3.05, 3.63) is 40.9 Å². The number of para-hydroxylation sites is 2. The molecule has 1 heterocycles. The molecule has 6 nitrogen and oxygen atoms in total. The molecule has 0 aliphatic rings. The number of anilines is 1. The van der Waals surface area contributed by atoms with E-state index in [4.69, 9.17) is 10.00 Å². The van der Waals surface area contributed by atoms with Gasteiger partial charge in [-0.1, -0.05) is 16.6 Å². The number of benzene rings is 1. The van der Waals surface area contributed by atoms with Crippen LogP contribution < -0.4 is 10.1 Å². The first-order chi connectivity index (χ1) is 10.2. The lowest BCUT2D eigenvalue weighted by molar-refractivity contribution is -0.112. The van der Waals surface area contributed by atoms with Crippen LogP contribution in [0.1, 0.15) is 12.6 Å². The van der Waals surface area contributed by atoms with Crippen LogP contribution in [0.15, 0.2) is 35.2 Å². The van der Waals surface area contributed by atoms with Gasteiger partial charge in [0.25, 0.3) is 5.91 Å². The predicted octanol–water partition coefficient (Wildman–Crippen LogP) is 2.48. The van der Waals surface area contributed by atoms with Gasteiger partial charge in [0, 0.05) is 5.38 Å². The quantitative estimate of drug-likeness (QED) is 0.677. The molecule has 0 unspecified atom stereocenters. The summed E-state index contributed by atoms with van der Waals surface area (Å²) in [6.45, 7) is 2.34. The Kier molecular flexibility index (Phi) is 5.01. The van der Waals surface area contributed by atoms with Crippen molar-refractivity contribution >= 4 is 29.2 Å². The topological polar surface area (TPSA) is 87.9 Å². The van der Waals surface area contributed by atoms with E-state index in [0.29, 0.717) is 23.7 Å². The van der Waals surface area contributed by atoms with E-state index in [9.17, 15) is 4.79 Å². The van der Waals surface area contributed by atoms with E-state index >= 15 is 0 Å². The average Bonchev–Trinajstić information content (AvgIpc) is 3.00. The van der Waals surface area contributed by atoms with Crippen molar-refractivity contribution in [2.45, 2.75) is 6.92 Å². The molecule has 1 aromatic carbocycles. The lowest BCUT2D eigenvalue weighted by atomic mass is 10.2. The predicted molar refractivity (Wildman–Crippen MR) is 79.7 cm³/mol. The van der Waals surface area contributed by atoms with E-state index in [1.165, 1.54) is 6.08 Å². The molecule has 7 heteroatoms. The summed E-state index contributed by atoms with van der Waals surface area (Å²) in [5, 5.41) is 17.2. The molecule has 106 valence electrons. The van der Waals surface area contributed by atoms with Gasteiger partial charge in [0.05, 0.1) is 18.0 Å². The highest BCUT2D eigenvalue weighted by Crippen LogP contribution is 2.24. The molecular formula is C14H12N4O2S. The fourth-order valence-electron chi connectivity index (χ4n) is 1.57. The van der Waals surface area contributed by atoms with Gasteiger partial charge < -0.3 is 10.1 Å². The van der Waals surface area contributed by atoms with Crippen molar-refractivity contribution in [1.82, 2.24) is 9.59 Å². The molecule has 0 saturated carbocycles.